The second-order valence-electron chi connectivity index (χ2n) is 7.26. The SMILES string of the molecule is Cc1noc2nc(C3CC3)cc(C(=O)N(C)[C@H](C)c3cccc([N+](=O)[O-])c3)c12. The molecule has 1 fully saturated rings. The number of pyridine rings is 1. The van der Waals surface area contributed by atoms with Crippen molar-refractivity contribution < 1.29 is 14.2 Å². The Bertz CT molecular complexity index is 1090. The van der Waals surface area contributed by atoms with E-state index in [-0.39, 0.29) is 17.6 Å². The van der Waals surface area contributed by atoms with Crippen molar-refractivity contribution in [2.45, 2.75) is 38.6 Å². The van der Waals surface area contributed by atoms with Gasteiger partial charge in [0.1, 0.15) is 0 Å². The van der Waals surface area contributed by atoms with Crippen LogP contribution in [0.2, 0.25) is 0 Å². The van der Waals surface area contributed by atoms with Gasteiger partial charge in [0.15, 0.2) is 0 Å². The molecule has 1 saturated carbocycles. The second-order valence-corrected chi connectivity index (χ2v) is 7.26. The van der Waals surface area contributed by atoms with E-state index in [9.17, 15) is 14.9 Å². The van der Waals surface area contributed by atoms with Gasteiger partial charge < -0.3 is 9.42 Å². The number of carbonyl (C=O) groups is 1. The molecule has 144 valence electrons. The van der Waals surface area contributed by atoms with Crippen LogP contribution in [0.5, 0.6) is 0 Å². The third-order valence-electron chi connectivity index (χ3n) is 5.33. The van der Waals surface area contributed by atoms with Crippen molar-refractivity contribution in [3.63, 3.8) is 0 Å². The van der Waals surface area contributed by atoms with Gasteiger partial charge in [-0.1, -0.05) is 17.3 Å². The molecule has 1 aliphatic carbocycles. The van der Waals surface area contributed by atoms with Crippen molar-refractivity contribution in [2.24, 2.45) is 0 Å². The molecule has 8 heteroatoms. The lowest BCUT2D eigenvalue weighted by molar-refractivity contribution is -0.384. The third-order valence-corrected chi connectivity index (χ3v) is 5.33. The summed E-state index contributed by atoms with van der Waals surface area (Å²) in [4.78, 5) is 30.1. The van der Waals surface area contributed by atoms with Crippen LogP contribution in [0.25, 0.3) is 11.1 Å². The Kier molecular flexibility index (Phi) is 4.33. The summed E-state index contributed by atoms with van der Waals surface area (Å²) < 4.78 is 5.32. The first-order valence-corrected chi connectivity index (χ1v) is 9.15. The predicted octanol–water partition coefficient (Wildman–Crippen LogP) is 4.15. The van der Waals surface area contributed by atoms with E-state index >= 15 is 0 Å². The summed E-state index contributed by atoms with van der Waals surface area (Å²) in [5.41, 5.74) is 3.04. The summed E-state index contributed by atoms with van der Waals surface area (Å²) in [7, 11) is 1.69. The van der Waals surface area contributed by atoms with Crippen molar-refractivity contribution in [1.29, 1.82) is 0 Å². The number of fused-ring (bicyclic) bond motifs is 1. The van der Waals surface area contributed by atoms with E-state index in [2.05, 4.69) is 10.1 Å². The molecular weight excluding hydrogens is 360 g/mol. The average molecular weight is 380 g/mol. The molecule has 0 spiro atoms. The Balaban J connectivity index is 1.71. The highest BCUT2D eigenvalue weighted by Crippen LogP contribution is 2.40. The number of nitro groups is 1. The lowest BCUT2D eigenvalue weighted by Crippen LogP contribution is -2.30. The van der Waals surface area contributed by atoms with Gasteiger partial charge in [0.2, 0.25) is 0 Å². The molecule has 1 atom stereocenters. The van der Waals surface area contributed by atoms with E-state index in [0.717, 1.165) is 18.5 Å². The van der Waals surface area contributed by atoms with Gasteiger partial charge in [0.05, 0.1) is 27.6 Å². The van der Waals surface area contributed by atoms with E-state index in [1.54, 1.807) is 31.0 Å². The van der Waals surface area contributed by atoms with Gasteiger partial charge in [-0.3, -0.25) is 14.9 Å². The number of aromatic nitrogens is 2. The Morgan fingerprint density at radius 2 is 2.11 bits per heavy atom. The molecule has 0 saturated heterocycles. The molecule has 0 N–H and O–H groups in total. The van der Waals surface area contributed by atoms with Crippen LogP contribution in [0.1, 0.15) is 59.0 Å². The van der Waals surface area contributed by atoms with Gasteiger partial charge in [0.25, 0.3) is 17.3 Å². The Morgan fingerprint density at radius 3 is 2.79 bits per heavy atom. The molecule has 2 heterocycles. The number of hydrogen-bond donors (Lipinski definition) is 0. The first-order valence-electron chi connectivity index (χ1n) is 9.15. The zero-order chi connectivity index (χ0) is 20.0. The van der Waals surface area contributed by atoms with Crippen LogP contribution >= 0.6 is 0 Å². The molecule has 3 aromatic rings. The van der Waals surface area contributed by atoms with Gasteiger partial charge >= 0.3 is 0 Å². The van der Waals surface area contributed by atoms with Crippen LogP contribution in [0.15, 0.2) is 34.9 Å². The summed E-state index contributed by atoms with van der Waals surface area (Å²) in [6.07, 6.45) is 2.11. The van der Waals surface area contributed by atoms with E-state index < -0.39 is 4.92 Å². The maximum absolute atomic E-state index is 13.3. The van der Waals surface area contributed by atoms with Crippen molar-refractivity contribution >= 4 is 22.7 Å². The molecule has 4 rings (SSSR count). The summed E-state index contributed by atoms with van der Waals surface area (Å²) in [5.74, 6) is 0.167. The quantitative estimate of drug-likeness (QED) is 0.487. The van der Waals surface area contributed by atoms with E-state index in [4.69, 9.17) is 4.52 Å². The molecule has 0 unspecified atom stereocenters. The van der Waals surface area contributed by atoms with Gasteiger partial charge in [-0.15, -0.1) is 0 Å². The van der Waals surface area contributed by atoms with Crippen LogP contribution in [-0.2, 0) is 0 Å². The van der Waals surface area contributed by atoms with Crippen LogP contribution in [0.4, 0.5) is 5.69 Å². The van der Waals surface area contributed by atoms with E-state index in [0.29, 0.717) is 33.8 Å². The molecule has 1 aromatic carbocycles. The molecule has 0 radical (unpaired) electrons. The van der Waals surface area contributed by atoms with Crippen molar-refractivity contribution in [3.05, 3.63) is 63.0 Å². The number of non-ortho nitro benzene ring substituents is 1. The molecule has 1 aliphatic rings. The highest BCUT2D eigenvalue weighted by atomic mass is 16.6. The van der Waals surface area contributed by atoms with E-state index in [1.165, 1.54) is 12.1 Å². The zero-order valence-electron chi connectivity index (χ0n) is 15.9. The number of aryl methyl sites for hydroxylation is 1. The normalized spacial score (nSPS) is 14.8. The highest BCUT2D eigenvalue weighted by Gasteiger charge is 2.30. The summed E-state index contributed by atoms with van der Waals surface area (Å²) in [5, 5.41) is 15.7. The van der Waals surface area contributed by atoms with Crippen molar-refractivity contribution in [2.75, 3.05) is 7.05 Å². The Labute approximate surface area is 161 Å². The summed E-state index contributed by atoms with van der Waals surface area (Å²) >= 11 is 0. The fourth-order valence-electron chi connectivity index (χ4n) is 3.36. The molecule has 0 aliphatic heterocycles. The van der Waals surface area contributed by atoms with Gasteiger partial charge in [-0.05, 0) is 38.3 Å². The Morgan fingerprint density at radius 1 is 1.36 bits per heavy atom. The minimum Gasteiger partial charge on any atom is -0.336 e. The third kappa shape index (κ3) is 3.11. The van der Waals surface area contributed by atoms with E-state index in [1.807, 2.05) is 13.0 Å². The lowest BCUT2D eigenvalue weighted by atomic mass is 10.0. The van der Waals surface area contributed by atoms with Crippen LogP contribution in [0, 0.1) is 17.0 Å². The van der Waals surface area contributed by atoms with Crippen molar-refractivity contribution in [3.8, 4) is 0 Å². The first kappa shape index (κ1) is 18.1. The second kappa shape index (κ2) is 6.70. The molecule has 8 nitrogen and oxygen atoms in total. The molecule has 1 amide bonds. The fourth-order valence-corrected chi connectivity index (χ4v) is 3.36. The van der Waals surface area contributed by atoms with Gasteiger partial charge in [-0.2, -0.15) is 0 Å². The maximum atomic E-state index is 13.3. The number of nitro benzene ring substituents is 1. The van der Waals surface area contributed by atoms with Crippen LogP contribution in [0.3, 0.4) is 0 Å². The number of nitrogens with zero attached hydrogens (tertiary/aromatic N) is 4. The molecule has 0 bridgehead atoms. The van der Waals surface area contributed by atoms with Crippen molar-refractivity contribution in [1.82, 2.24) is 15.0 Å². The molecule has 28 heavy (non-hydrogen) atoms. The topological polar surface area (TPSA) is 102 Å². The minimum atomic E-state index is -0.438. The zero-order valence-corrected chi connectivity index (χ0v) is 15.9. The van der Waals surface area contributed by atoms with Crippen LogP contribution in [-0.4, -0.2) is 32.9 Å². The highest BCUT2D eigenvalue weighted by molar-refractivity contribution is 6.06. The number of rotatable bonds is 5. The largest absolute Gasteiger partial charge is 0.336 e. The van der Waals surface area contributed by atoms with Gasteiger partial charge in [0, 0.05) is 30.8 Å². The van der Waals surface area contributed by atoms with Crippen LogP contribution < -0.4 is 0 Å². The first-order chi connectivity index (χ1) is 13.4. The number of carbonyl (C=O) groups excluding carboxylic acids is 1. The number of amides is 1. The lowest BCUT2D eigenvalue weighted by Gasteiger charge is -2.25. The number of benzene rings is 1. The summed E-state index contributed by atoms with van der Waals surface area (Å²) in [6.45, 7) is 3.63. The monoisotopic (exact) mass is 380 g/mol. The maximum Gasteiger partial charge on any atom is 0.269 e. The average Bonchev–Trinajstić information content (AvgIpc) is 3.49. The predicted molar refractivity (Wildman–Crippen MR) is 102 cm³/mol. The fraction of sp³-hybridized carbons (Fsp3) is 0.350. The minimum absolute atomic E-state index is 0.00222. The Hall–Kier alpha value is -3.29. The standard InChI is InChI=1S/C20H20N4O4/c1-11-18-16(10-17(13-7-8-13)21-19(18)28-22-11)20(25)23(3)12(2)14-5-4-6-15(9-14)24(26)27/h4-6,9-10,12-13H,7-8H2,1-3H3/t12-/m1/s1. The van der Waals surface area contributed by atoms with Gasteiger partial charge in [-0.25, -0.2) is 4.98 Å². The number of hydrogen-bond acceptors (Lipinski definition) is 6. The summed E-state index contributed by atoms with van der Waals surface area (Å²) in [6, 6.07) is 7.83. The molecular formula is C20H20N4O4. The smallest absolute Gasteiger partial charge is 0.269 e. The molecule has 2 aromatic heterocycles.